The fraction of sp³-hybridized carbons (Fsp3) is 0.143. The number of halogens is 4. The second-order valence-electron chi connectivity index (χ2n) is 4.89. The molecule has 0 N–H and O–H groups in total. The number of nitrogens with zero attached hydrogens (tertiary/aromatic N) is 5. The quantitative estimate of drug-likeness (QED) is 0.533. The zero-order valence-corrected chi connectivity index (χ0v) is 13.2. The zero-order chi connectivity index (χ0) is 17.4. The highest BCUT2D eigenvalue weighted by Gasteiger charge is 2.24. The van der Waals surface area contributed by atoms with Gasteiger partial charge < -0.3 is 0 Å². The average Bonchev–Trinajstić information content (AvgIpc) is 3.00. The summed E-state index contributed by atoms with van der Waals surface area (Å²) in [7, 11) is 0. The number of rotatable bonds is 3. The predicted octanol–water partition coefficient (Wildman–Crippen LogP) is 3.38. The molecular weight excluding hydrogens is 346 g/mol. The molecule has 0 aliphatic rings. The van der Waals surface area contributed by atoms with E-state index in [1.54, 1.807) is 12.1 Å². The number of pyridine rings is 1. The van der Waals surface area contributed by atoms with Gasteiger partial charge in [0.25, 0.3) is 11.9 Å². The summed E-state index contributed by atoms with van der Waals surface area (Å²) in [4.78, 5) is 1.61. The van der Waals surface area contributed by atoms with E-state index in [0.29, 0.717) is 17.4 Å². The third-order valence-electron chi connectivity index (χ3n) is 3.33. The lowest BCUT2D eigenvalue weighted by Gasteiger charge is -2.08. The van der Waals surface area contributed by atoms with E-state index in [9.17, 15) is 17.6 Å². The van der Waals surface area contributed by atoms with Crippen LogP contribution in [-0.4, -0.2) is 25.2 Å². The lowest BCUT2D eigenvalue weighted by Crippen LogP contribution is -2.04. The molecule has 0 atom stereocenters. The third-order valence-corrected chi connectivity index (χ3v) is 4.33. The fourth-order valence-electron chi connectivity index (χ4n) is 1.91. The number of hydrogen-bond donors (Lipinski definition) is 0. The molecule has 0 fully saturated rings. The van der Waals surface area contributed by atoms with Crippen molar-refractivity contribution in [1.29, 1.82) is 0 Å². The van der Waals surface area contributed by atoms with Gasteiger partial charge in [-0.05, 0) is 59.3 Å². The number of tetrazole rings is 1. The second-order valence-corrected chi connectivity index (χ2v) is 5.87. The molecule has 0 spiro atoms. The SMILES string of the molecule is Cc1ccc(-n2nnnc2Sc2c(F)c(F)nc(F)c2F)cc1C. The van der Waals surface area contributed by atoms with Crippen LogP contribution in [0.2, 0.25) is 0 Å². The minimum absolute atomic E-state index is 0.0546. The van der Waals surface area contributed by atoms with Gasteiger partial charge in [-0.1, -0.05) is 6.07 Å². The van der Waals surface area contributed by atoms with E-state index in [1.165, 1.54) is 4.68 Å². The van der Waals surface area contributed by atoms with Crippen LogP contribution in [-0.2, 0) is 0 Å². The number of hydrogen-bond acceptors (Lipinski definition) is 5. The molecule has 3 rings (SSSR count). The Bertz CT molecular complexity index is 902. The molecule has 24 heavy (non-hydrogen) atoms. The molecule has 0 radical (unpaired) electrons. The summed E-state index contributed by atoms with van der Waals surface area (Å²) in [5.74, 6) is -6.68. The van der Waals surface area contributed by atoms with Crippen LogP contribution in [0.4, 0.5) is 17.6 Å². The van der Waals surface area contributed by atoms with Crippen molar-refractivity contribution in [3.63, 3.8) is 0 Å². The largest absolute Gasteiger partial charge is 0.252 e. The molecule has 0 aliphatic carbocycles. The number of aromatic nitrogens is 5. The van der Waals surface area contributed by atoms with Gasteiger partial charge in [0.05, 0.1) is 10.6 Å². The second kappa shape index (κ2) is 6.19. The van der Waals surface area contributed by atoms with Crippen molar-refractivity contribution in [2.45, 2.75) is 23.9 Å². The Labute approximate surface area is 137 Å². The van der Waals surface area contributed by atoms with Crippen molar-refractivity contribution in [1.82, 2.24) is 25.2 Å². The molecule has 3 aromatic rings. The summed E-state index contributed by atoms with van der Waals surface area (Å²) in [5.41, 5.74) is 2.54. The van der Waals surface area contributed by atoms with Gasteiger partial charge >= 0.3 is 0 Å². The molecule has 0 bridgehead atoms. The van der Waals surface area contributed by atoms with E-state index < -0.39 is 28.4 Å². The smallest absolute Gasteiger partial charge is 0.201 e. The van der Waals surface area contributed by atoms with Crippen LogP contribution in [0.5, 0.6) is 0 Å². The van der Waals surface area contributed by atoms with Crippen LogP contribution in [0.3, 0.4) is 0 Å². The molecule has 0 aliphatic heterocycles. The molecule has 0 unspecified atom stereocenters. The van der Waals surface area contributed by atoms with Crippen LogP contribution in [0.1, 0.15) is 11.1 Å². The molecular formula is C14H9F4N5S. The molecule has 0 amide bonds. The van der Waals surface area contributed by atoms with Crippen molar-refractivity contribution < 1.29 is 17.6 Å². The minimum atomic E-state index is -1.73. The monoisotopic (exact) mass is 355 g/mol. The summed E-state index contributed by atoms with van der Waals surface area (Å²) in [6.07, 6.45) is 0. The maximum atomic E-state index is 13.7. The molecule has 0 saturated heterocycles. The maximum Gasteiger partial charge on any atom is 0.252 e. The molecule has 10 heteroatoms. The minimum Gasteiger partial charge on any atom is -0.201 e. The Morgan fingerprint density at radius 3 is 2.25 bits per heavy atom. The van der Waals surface area contributed by atoms with Gasteiger partial charge in [0.15, 0.2) is 11.6 Å². The first kappa shape index (κ1) is 16.4. The lowest BCUT2D eigenvalue weighted by atomic mass is 10.1. The fourth-order valence-corrected chi connectivity index (χ4v) is 2.75. The van der Waals surface area contributed by atoms with Crippen LogP contribution in [0.15, 0.2) is 28.3 Å². The van der Waals surface area contributed by atoms with E-state index in [4.69, 9.17) is 0 Å². The Morgan fingerprint density at radius 2 is 1.62 bits per heavy atom. The summed E-state index contributed by atoms with van der Waals surface area (Å²) in [6, 6.07) is 5.31. The summed E-state index contributed by atoms with van der Waals surface area (Å²) >= 11 is 0.364. The van der Waals surface area contributed by atoms with Crippen LogP contribution in [0.25, 0.3) is 5.69 Å². The molecule has 124 valence electrons. The highest BCUT2D eigenvalue weighted by molar-refractivity contribution is 7.99. The van der Waals surface area contributed by atoms with Crippen LogP contribution in [0, 0.1) is 37.4 Å². The Morgan fingerprint density at radius 1 is 0.958 bits per heavy atom. The van der Waals surface area contributed by atoms with Gasteiger partial charge in [-0.3, -0.25) is 0 Å². The first-order chi connectivity index (χ1) is 11.4. The van der Waals surface area contributed by atoms with Crippen molar-refractivity contribution in [2.75, 3.05) is 0 Å². The zero-order valence-electron chi connectivity index (χ0n) is 12.4. The standard InChI is InChI=1S/C14H9F4N5S/c1-6-3-4-8(5-7(6)2)23-14(20-21-22-23)24-11-9(15)12(17)19-13(18)10(11)16/h3-5H,1-2H3. The first-order valence-electron chi connectivity index (χ1n) is 6.62. The van der Waals surface area contributed by atoms with E-state index >= 15 is 0 Å². The van der Waals surface area contributed by atoms with Gasteiger partial charge in [-0.2, -0.15) is 18.4 Å². The van der Waals surface area contributed by atoms with Gasteiger partial charge in [-0.25, -0.2) is 8.78 Å². The molecule has 1 aromatic carbocycles. The van der Waals surface area contributed by atoms with Crippen LogP contribution < -0.4 is 0 Å². The third kappa shape index (κ3) is 2.84. The van der Waals surface area contributed by atoms with Crippen molar-refractivity contribution in [3.05, 3.63) is 52.9 Å². The van der Waals surface area contributed by atoms with E-state index in [-0.39, 0.29) is 5.16 Å². The number of benzene rings is 1. The average molecular weight is 355 g/mol. The maximum absolute atomic E-state index is 13.7. The van der Waals surface area contributed by atoms with Crippen molar-refractivity contribution in [3.8, 4) is 5.69 Å². The van der Waals surface area contributed by atoms with E-state index in [1.807, 2.05) is 19.9 Å². The summed E-state index contributed by atoms with van der Waals surface area (Å²) < 4.78 is 55.1. The normalized spacial score (nSPS) is 11.1. The molecule has 0 saturated carbocycles. The lowest BCUT2D eigenvalue weighted by molar-refractivity contribution is 0.383. The Hall–Kier alpha value is -2.49. The van der Waals surface area contributed by atoms with Gasteiger partial charge in [0.2, 0.25) is 5.16 Å². The summed E-state index contributed by atoms with van der Waals surface area (Å²) in [5, 5.41) is 10.8. The summed E-state index contributed by atoms with van der Waals surface area (Å²) in [6.45, 7) is 3.80. The highest BCUT2D eigenvalue weighted by Crippen LogP contribution is 2.33. The molecule has 5 nitrogen and oxygen atoms in total. The van der Waals surface area contributed by atoms with Gasteiger partial charge in [-0.15, -0.1) is 5.10 Å². The van der Waals surface area contributed by atoms with Crippen LogP contribution >= 0.6 is 11.8 Å². The Kier molecular flexibility index (Phi) is 4.22. The molecule has 2 heterocycles. The Balaban J connectivity index is 2.05. The predicted molar refractivity (Wildman–Crippen MR) is 76.8 cm³/mol. The molecule has 2 aromatic heterocycles. The topological polar surface area (TPSA) is 56.5 Å². The van der Waals surface area contributed by atoms with Crippen molar-refractivity contribution >= 4 is 11.8 Å². The van der Waals surface area contributed by atoms with Gasteiger partial charge in [0.1, 0.15) is 0 Å². The van der Waals surface area contributed by atoms with E-state index in [0.717, 1.165) is 11.1 Å². The number of aryl methyl sites for hydroxylation is 2. The van der Waals surface area contributed by atoms with E-state index in [2.05, 4.69) is 20.5 Å². The van der Waals surface area contributed by atoms with Gasteiger partial charge in [0, 0.05) is 0 Å². The van der Waals surface area contributed by atoms with Crippen molar-refractivity contribution in [2.24, 2.45) is 0 Å². The highest BCUT2D eigenvalue weighted by atomic mass is 32.2. The first-order valence-corrected chi connectivity index (χ1v) is 7.44.